The zero-order chi connectivity index (χ0) is 6.10. The van der Waals surface area contributed by atoms with Crippen LogP contribution >= 0.6 is 0 Å². The maximum absolute atomic E-state index is 4.27. The lowest BCUT2D eigenvalue weighted by molar-refractivity contribution is 0.272. The first-order valence-electron chi connectivity index (χ1n) is 3.26. The summed E-state index contributed by atoms with van der Waals surface area (Å²) in [5, 5.41) is 4.27. The van der Waals surface area contributed by atoms with E-state index in [1.54, 1.807) is 0 Å². The maximum Gasteiger partial charge on any atom is 0.100 e. The van der Waals surface area contributed by atoms with E-state index in [2.05, 4.69) is 22.3 Å². The van der Waals surface area contributed by atoms with Gasteiger partial charge in [0.1, 0.15) is 6.17 Å². The van der Waals surface area contributed by atoms with Crippen molar-refractivity contribution in [2.45, 2.75) is 12.6 Å². The minimum atomic E-state index is 0.458. The van der Waals surface area contributed by atoms with Crippen molar-refractivity contribution in [2.24, 2.45) is 0 Å². The largest absolute Gasteiger partial charge is 0.337 e. The Morgan fingerprint density at radius 3 is 2.44 bits per heavy atom. The van der Waals surface area contributed by atoms with E-state index in [0.717, 1.165) is 6.54 Å². The highest BCUT2D eigenvalue weighted by molar-refractivity contribution is 4.94. The molecule has 2 heteroatoms. The van der Waals surface area contributed by atoms with Gasteiger partial charge in [0.05, 0.1) is 0 Å². The van der Waals surface area contributed by atoms with Crippen LogP contribution in [0.25, 0.3) is 0 Å². The predicted molar refractivity (Wildman–Crippen MR) is 35.1 cm³/mol. The number of nitrogens with zero attached hydrogens (tertiary/aromatic N) is 2. The van der Waals surface area contributed by atoms with E-state index in [0.29, 0.717) is 6.17 Å². The fraction of sp³-hybridized carbons (Fsp3) is 0.429. The van der Waals surface area contributed by atoms with Crippen molar-refractivity contribution >= 4 is 0 Å². The summed E-state index contributed by atoms with van der Waals surface area (Å²) in [6.07, 6.45) is 5.80. The Balaban J connectivity index is 2.14. The third-order valence-corrected chi connectivity index (χ3v) is 1.70. The van der Waals surface area contributed by atoms with Crippen molar-refractivity contribution in [1.29, 1.82) is 0 Å². The van der Waals surface area contributed by atoms with Crippen LogP contribution in [-0.4, -0.2) is 11.1 Å². The SMILES string of the molecule is c1ccn(C2CC[N]2)c1. The number of aromatic nitrogens is 1. The molecule has 1 radical (unpaired) electrons. The van der Waals surface area contributed by atoms with E-state index in [9.17, 15) is 0 Å². The molecule has 1 aromatic heterocycles. The highest BCUT2D eigenvalue weighted by Gasteiger charge is 2.17. The summed E-state index contributed by atoms with van der Waals surface area (Å²) in [6, 6.07) is 4.07. The van der Waals surface area contributed by atoms with E-state index < -0.39 is 0 Å². The standard InChI is InChI=1S/C7H9N2/c1-2-6-9(5-1)7-3-4-8-7/h1-2,5-7H,3-4H2. The predicted octanol–water partition coefficient (Wildman–Crippen LogP) is 0.995. The summed E-state index contributed by atoms with van der Waals surface area (Å²) >= 11 is 0. The topological polar surface area (TPSA) is 19.0 Å². The van der Waals surface area contributed by atoms with Gasteiger partial charge in [-0.25, -0.2) is 5.32 Å². The van der Waals surface area contributed by atoms with Crippen LogP contribution in [0, 0.1) is 0 Å². The molecule has 1 saturated heterocycles. The van der Waals surface area contributed by atoms with Crippen LogP contribution in [0.4, 0.5) is 0 Å². The van der Waals surface area contributed by atoms with Crippen LogP contribution < -0.4 is 5.32 Å². The number of hydrogen-bond acceptors (Lipinski definition) is 0. The zero-order valence-electron chi connectivity index (χ0n) is 5.20. The van der Waals surface area contributed by atoms with Gasteiger partial charge in [0.2, 0.25) is 0 Å². The van der Waals surface area contributed by atoms with Gasteiger partial charge in [-0.05, 0) is 18.6 Å². The zero-order valence-corrected chi connectivity index (χ0v) is 5.20. The average molecular weight is 121 g/mol. The summed E-state index contributed by atoms with van der Waals surface area (Å²) in [5.74, 6) is 0. The lowest BCUT2D eigenvalue weighted by Crippen LogP contribution is -2.32. The second kappa shape index (κ2) is 1.88. The van der Waals surface area contributed by atoms with Gasteiger partial charge in [0.25, 0.3) is 0 Å². The summed E-state index contributed by atoms with van der Waals surface area (Å²) in [4.78, 5) is 0. The van der Waals surface area contributed by atoms with Crippen molar-refractivity contribution in [3.8, 4) is 0 Å². The Labute approximate surface area is 54.5 Å². The molecular weight excluding hydrogens is 112 g/mol. The molecule has 1 aliphatic rings. The molecule has 0 aromatic carbocycles. The molecule has 1 unspecified atom stereocenters. The molecule has 2 heterocycles. The third-order valence-electron chi connectivity index (χ3n) is 1.70. The minimum Gasteiger partial charge on any atom is -0.337 e. The normalized spacial score (nSPS) is 25.6. The molecule has 2 nitrogen and oxygen atoms in total. The second-order valence-electron chi connectivity index (χ2n) is 2.31. The molecule has 0 bridgehead atoms. The van der Waals surface area contributed by atoms with Gasteiger partial charge >= 0.3 is 0 Å². The summed E-state index contributed by atoms with van der Waals surface area (Å²) in [7, 11) is 0. The van der Waals surface area contributed by atoms with Gasteiger partial charge in [-0.1, -0.05) is 0 Å². The average Bonchev–Trinajstić information content (AvgIpc) is 2.11. The third kappa shape index (κ3) is 0.754. The van der Waals surface area contributed by atoms with Crippen LogP contribution in [0.2, 0.25) is 0 Å². The summed E-state index contributed by atoms with van der Waals surface area (Å²) < 4.78 is 2.14. The van der Waals surface area contributed by atoms with Crippen LogP contribution in [0.15, 0.2) is 24.5 Å². The van der Waals surface area contributed by atoms with Gasteiger partial charge in [0, 0.05) is 18.9 Å². The van der Waals surface area contributed by atoms with E-state index in [-0.39, 0.29) is 0 Å². The maximum atomic E-state index is 4.27. The van der Waals surface area contributed by atoms with E-state index in [1.165, 1.54) is 6.42 Å². The monoisotopic (exact) mass is 121 g/mol. The van der Waals surface area contributed by atoms with Gasteiger partial charge in [-0.15, -0.1) is 0 Å². The Bertz CT molecular complexity index is 175. The molecule has 0 N–H and O–H groups in total. The molecule has 47 valence electrons. The van der Waals surface area contributed by atoms with E-state index in [1.807, 2.05) is 12.1 Å². The lowest BCUT2D eigenvalue weighted by Gasteiger charge is -2.26. The molecule has 0 aliphatic carbocycles. The molecule has 0 amide bonds. The molecular formula is C7H9N2. The fourth-order valence-electron chi connectivity index (χ4n) is 1.03. The number of rotatable bonds is 1. The van der Waals surface area contributed by atoms with E-state index >= 15 is 0 Å². The molecule has 0 spiro atoms. The molecule has 2 rings (SSSR count). The van der Waals surface area contributed by atoms with Crippen LogP contribution in [0.5, 0.6) is 0 Å². The van der Waals surface area contributed by atoms with Crippen molar-refractivity contribution in [3.63, 3.8) is 0 Å². The van der Waals surface area contributed by atoms with Crippen LogP contribution in [-0.2, 0) is 0 Å². The van der Waals surface area contributed by atoms with Gasteiger partial charge < -0.3 is 4.57 Å². The summed E-state index contributed by atoms with van der Waals surface area (Å²) in [6.45, 7) is 1.04. The minimum absolute atomic E-state index is 0.458. The second-order valence-corrected chi connectivity index (χ2v) is 2.31. The Morgan fingerprint density at radius 2 is 2.00 bits per heavy atom. The van der Waals surface area contributed by atoms with Crippen LogP contribution in [0.1, 0.15) is 12.6 Å². The van der Waals surface area contributed by atoms with Crippen molar-refractivity contribution in [1.82, 2.24) is 9.88 Å². The molecule has 1 aliphatic heterocycles. The highest BCUT2D eigenvalue weighted by atomic mass is 15.2. The van der Waals surface area contributed by atoms with Crippen molar-refractivity contribution in [2.75, 3.05) is 6.54 Å². The number of hydrogen-bond donors (Lipinski definition) is 0. The quantitative estimate of drug-likeness (QED) is 0.528. The molecule has 0 saturated carbocycles. The molecule has 1 atom stereocenters. The highest BCUT2D eigenvalue weighted by Crippen LogP contribution is 2.16. The first kappa shape index (κ1) is 5.06. The smallest absolute Gasteiger partial charge is 0.100 e. The lowest BCUT2D eigenvalue weighted by atomic mass is 10.2. The molecule has 1 aromatic rings. The fourth-order valence-corrected chi connectivity index (χ4v) is 1.03. The van der Waals surface area contributed by atoms with Crippen LogP contribution in [0.3, 0.4) is 0 Å². The molecule has 9 heavy (non-hydrogen) atoms. The van der Waals surface area contributed by atoms with Crippen molar-refractivity contribution < 1.29 is 0 Å². The Kier molecular flexibility index (Phi) is 1.06. The van der Waals surface area contributed by atoms with Crippen molar-refractivity contribution in [3.05, 3.63) is 24.5 Å². The first-order valence-corrected chi connectivity index (χ1v) is 3.26. The Hall–Kier alpha value is -0.760. The summed E-state index contributed by atoms with van der Waals surface area (Å²) in [5.41, 5.74) is 0. The molecule has 1 fully saturated rings. The Morgan fingerprint density at radius 1 is 1.33 bits per heavy atom. The van der Waals surface area contributed by atoms with Gasteiger partial charge in [0.15, 0.2) is 0 Å². The van der Waals surface area contributed by atoms with E-state index in [4.69, 9.17) is 0 Å². The van der Waals surface area contributed by atoms with Gasteiger partial charge in [-0.2, -0.15) is 0 Å². The van der Waals surface area contributed by atoms with Gasteiger partial charge in [-0.3, -0.25) is 0 Å². The first-order chi connectivity index (χ1) is 4.47.